The van der Waals surface area contributed by atoms with Gasteiger partial charge in [0.2, 0.25) is 0 Å². The molecule has 11 nitrogen and oxygen atoms in total. The van der Waals surface area contributed by atoms with Crippen molar-refractivity contribution >= 4 is 11.9 Å². The molecular formula is C14H22N4O7. The van der Waals surface area contributed by atoms with Gasteiger partial charge in [0.1, 0.15) is 18.3 Å². The smallest absolute Gasteiger partial charge is 0.306 e. The van der Waals surface area contributed by atoms with E-state index in [1.807, 2.05) is 0 Å². The lowest BCUT2D eigenvalue weighted by Gasteiger charge is -2.38. The molecule has 5 N–H and O–H groups in total. The number of hydrogen-bond donors (Lipinski definition) is 5. The van der Waals surface area contributed by atoms with E-state index in [1.165, 1.54) is 0 Å². The molecule has 0 radical (unpaired) electrons. The van der Waals surface area contributed by atoms with Gasteiger partial charge in [-0.15, -0.1) is 0 Å². The molecule has 25 heavy (non-hydrogen) atoms. The van der Waals surface area contributed by atoms with Gasteiger partial charge in [0.05, 0.1) is 5.92 Å². The van der Waals surface area contributed by atoms with Gasteiger partial charge in [-0.05, 0) is 37.1 Å². The second kappa shape index (κ2) is 8.45. The average molecular weight is 358 g/mol. The number of azide groups is 1. The van der Waals surface area contributed by atoms with Gasteiger partial charge in [-0.25, -0.2) is 0 Å². The number of carbonyl (C=O) groups is 2. The molecule has 0 aromatic heterocycles. The van der Waals surface area contributed by atoms with E-state index >= 15 is 0 Å². The summed E-state index contributed by atoms with van der Waals surface area (Å²) < 4.78 is 5.10. The van der Waals surface area contributed by atoms with Gasteiger partial charge in [-0.2, -0.15) is 0 Å². The summed E-state index contributed by atoms with van der Waals surface area (Å²) in [6.07, 6.45) is -5.54. The fourth-order valence-electron chi connectivity index (χ4n) is 3.18. The van der Waals surface area contributed by atoms with Crippen LogP contribution < -0.4 is 5.32 Å². The molecule has 0 aromatic carbocycles. The van der Waals surface area contributed by atoms with Crippen molar-refractivity contribution < 1.29 is 34.8 Å². The van der Waals surface area contributed by atoms with E-state index in [9.17, 15) is 24.9 Å². The third-order valence-corrected chi connectivity index (χ3v) is 4.77. The summed E-state index contributed by atoms with van der Waals surface area (Å²) in [6, 6.07) is 0. The minimum atomic E-state index is -1.69. The predicted molar refractivity (Wildman–Crippen MR) is 81.9 cm³/mol. The second-order valence-electron chi connectivity index (χ2n) is 6.42. The number of carboxylic acids is 1. The lowest BCUT2D eigenvalue weighted by Crippen LogP contribution is -2.61. The summed E-state index contributed by atoms with van der Waals surface area (Å²) in [5, 5.41) is 44.0. The topological polar surface area (TPSA) is 185 Å². The van der Waals surface area contributed by atoms with Crippen molar-refractivity contribution in [3.8, 4) is 0 Å². The Morgan fingerprint density at radius 2 is 1.76 bits per heavy atom. The van der Waals surface area contributed by atoms with Crippen molar-refractivity contribution in [3.05, 3.63) is 10.4 Å². The molecule has 1 saturated carbocycles. The largest absolute Gasteiger partial charge is 0.481 e. The highest BCUT2D eigenvalue weighted by Gasteiger charge is 2.46. The summed E-state index contributed by atoms with van der Waals surface area (Å²) in [5.41, 5.74) is 8.43. The molecular weight excluding hydrogens is 336 g/mol. The number of carboxylic acid groups (broad SMARTS) is 1. The number of carbonyl (C=O) groups excluding carboxylic acids is 1. The Balaban J connectivity index is 1.87. The molecule has 1 heterocycles. The summed E-state index contributed by atoms with van der Waals surface area (Å²) >= 11 is 0. The third-order valence-electron chi connectivity index (χ3n) is 4.77. The molecule has 0 unspecified atom stereocenters. The van der Waals surface area contributed by atoms with Gasteiger partial charge >= 0.3 is 5.97 Å². The number of aliphatic hydroxyl groups excluding tert-OH is 3. The molecule has 0 spiro atoms. The van der Waals surface area contributed by atoms with Crippen molar-refractivity contribution in [2.45, 2.75) is 56.3 Å². The zero-order valence-electron chi connectivity index (χ0n) is 13.4. The van der Waals surface area contributed by atoms with Gasteiger partial charge < -0.3 is 30.5 Å². The van der Waals surface area contributed by atoms with Crippen LogP contribution in [0.15, 0.2) is 5.11 Å². The van der Waals surface area contributed by atoms with Crippen molar-refractivity contribution in [1.29, 1.82) is 0 Å². The molecule has 11 heteroatoms. The Morgan fingerprint density at radius 1 is 1.12 bits per heavy atom. The van der Waals surface area contributed by atoms with E-state index in [4.69, 9.17) is 15.4 Å². The summed E-state index contributed by atoms with van der Waals surface area (Å²) in [4.78, 5) is 25.6. The van der Waals surface area contributed by atoms with Crippen LogP contribution in [0.2, 0.25) is 0 Å². The number of nitrogens with zero attached hydrogens (tertiary/aromatic N) is 3. The lowest BCUT2D eigenvalue weighted by molar-refractivity contribution is -0.218. The minimum absolute atomic E-state index is 0.115. The standard InChI is InChI=1S/C14H22N4O7/c15-18-17-13-10(21)8(19)9(20)11(25-13)12(22)16-5-6-1-3-7(4-2-6)14(23)24/h6-11,13,19-21H,1-5H2,(H,16,22)(H,23,24)/t6?,7?,8-,9-,10+,11-,13+/m0/s1. The summed E-state index contributed by atoms with van der Waals surface area (Å²) in [7, 11) is 0. The molecule has 1 aliphatic heterocycles. The number of ether oxygens (including phenoxy) is 1. The highest BCUT2D eigenvalue weighted by atomic mass is 16.6. The number of aliphatic carboxylic acids is 1. The van der Waals surface area contributed by atoms with E-state index in [0.717, 1.165) is 0 Å². The number of rotatable bonds is 5. The van der Waals surface area contributed by atoms with Crippen LogP contribution in [-0.4, -0.2) is 69.5 Å². The quantitative estimate of drug-likeness (QED) is 0.239. The molecule has 1 aliphatic carbocycles. The zero-order valence-corrected chi connectivity index (χ0v) is 13.4. The Hall–Kier alpha value is -1.91. The van der Waals surface area contributed by atoms with Crippen LogP contribution in [0, 0.1) is 11.8 Å². The van der Waals surface area contributed by atoms with Crippen LogP contribution in [0.25, 0.3) is 10.4 Å². The van der Waals surface area contributed by atoms with Crippen molar-refractivity contribution in [2.24, 2.45) is 17.0 Å². The number of amides is 1. The van der Waals surface area contributed by atoms with Gasteiger partial charge in [-0.3, -0.25) is 9.59 Å². The van der Waals surface area contributed by atoms with E-state index in [1.54, 1.807) is 0 Å². The van der Waals surface area contributed by atoms with Crippen molar-refractivity contribution in [3.63, 3.8) is 0 Å². The maximum atomic E-state index is 12.2. The van der Waals surface area contributed by atoms with E-state index < -0.39 is 42.5 Å². The molecule has 2 rings (SSSR count). The normalized spacial score (nSPS) is 38.4. The fraction of sp³-hybridized carbons (Fsp3) is 0.857. The Bertz CT molecular complexity index is 545. The molecule has 140 valence electrons. The third kappa shape index (κ3) is 4.59. The zero-order chi connectivity index (χ0) is 18.6. The first-order valence-electron chi connectivity index (χ1n) is 8.09. The first kappa shape index (κ1) is 19.4. The predicted octanol–water partition coefficient (Wildman–Crippen LogP) is -0.888. The van der Waals surface area contributed by atoms with Gasteiger partial charge in [0.25, 0.3) is 5.91 Å². The SMILES string of the molecule is [N-]=[N+]=N[C@@H]1O[C@H](C(=O)NCC2CCC(C(=O)O)CC2)[C@@H](O)[C@H](O)[C@H]1O. The molecule has 0 bridgehead atoms. The molecule has 2 fully saturated rings. The minimum Gasteiger partial charge on any atom is -0.481 e. The fourth-order valence-corrected chi connectivity index (χ4v) is 3.18. The van der Waals surface area contributed by atoms with Crippen LogP contribution in [-0.2, 0) is 14.3 Å². The lowest BCUT2D eigenvalue weighted by atomic mass is 9.82. The second-order valence-corrected chi connectivity index (χ2v) is 6.42. The first-order valence-corrected chi connectivity index (χ1v) is 8.09. The van der Waals surface area contributed by atoms with Crippen molar-refractivity contribution in [2.75, 3.05) is 6.54 Å². The number of hydrogen-bond acceptors (Lipinski definition) is 7. The summed E-state index contributed by atoms with van der Waals surface area (Å²) in [6.45, 7) is 0.280. The molecule has 5 atom stereocenters. The Morgan fingerprint density at radius 3 is 2.32 bits per heavy atom. The van der Waals surface area contributed by atoms with E-state index in [-0.39, 0.29) is 18.4 Å². The van der Waals surface area contributed by atoms with Crippen LogP contribution >= 0.6 is 0 Å². The molecule has 0 aromatic rings. The highest BCUT2D eigenvalue weighted by Crippen LogP contribution is 2.28. The molecule has 1 saturated heterocycles. The maximum absolute atomic E-state index is 12.2. The number of nitrogens with one attached hydrogen (secondary N) is 1. The van der Waals surface area contributed by atoms with Gasteiger partial charge in [0, 0.05) is 11.5 Å². The van der Waals surface area contributed by atoms with Crippen LogP contribution in [0.5, 0.6) is 0 Å². The maximum Gasteiger partial charge on any atom is 0.306 e. The van der Waals surface area contributed by atoms with E-state index in [0.29, 0.717) is 25.7 Å². The molecule has 1 amide bonds. The van der Waals surface area contributed by atoms with Gasteiger partial charge in [-0.1, -0.05) is 5.11 Å². The van der Waals surface area contributed by atoms with Crippen LogP contribution in [0.3, 0.4) is 0 Å². The average Bonchev–Trinajstić information content (AvgIpc) is 2.60. The number of aliphatic hydroxyl groups is 3. The van der Waals surface area contributed by atoms with Crippen molar-refractivity contribution in [1.82, 2.24) is 5.32 Å². The Labute approximate surface area is 143 Å². The summed E-state index contributed by atoms with van der Waals surface area (Å²) in [5.74, 6) is -1.74. The van der Waals surface area contributed by atoms with Crippen LogP contribution in [0.1, 0.15) is 25.7 Å². The Kier molecular flexibility index (Phi) is 6.57. The van der Waals surface area contributed by atoms with E-state index in [2.05, 4.69) is 15.3 Å². The first-order chi connectivity index (χ1) is 11.8. The highest BCUT2D eigenvalue weighted by molar-refractivity contribution is 5.81. The monoisotopic (exact) mass is 358 g/mol. The van der Waals surface area contributed by atoms with Gasteiger partial charge in [0.15, 0.2) is 12.3 Å². The van der Waals surface area contributed by atoms with Crippen LogP contribution in [0.4, 0.5) is 0 Å². The molecule has 2 aliphatic rings.